The fraction of sp³-hybridized carbons (Fsp3) is 0.471. The minimum atomic E-state index is 0.513. The molecule has 0 atom stereocenters. The van der Waals surface area contributed by atoms with Crippen molar-refractivity contribution >= 4 is 16.6 Å². The second-order valence-corrected chi connectivity index (χ2v) is 5.64. The summed E-state index contributed by atoms with van der Waals surface area (Å²) in [5.74, 6) is 1.09. The summed E-state index contributed by atoms with van der Waals surface area (Å²) >= 11 is 0. The summed E-state index contributed by atoms with van der Waals surface area (Å²) in [7, 11) is 4.12. The lowest BCUT2D eigenvalue weighted by Crippen LogP contribution is -2.37. The second-order valence-electron chi connectivity index (χ2n) is 5.64. The van der Waals surface area contributed by atoms with Crippen molar-refractivity contribution in [3.63, 3.8) is 0 Å². The van der Waals surface area contributed by atoms with Crippen LogP contribution in [0.2, 0.25) is 0 Å². The largest absolute Gasteiger partial charge is 0.381 e. The van der Waals surface area contributed by atoms with Gasteiger partial charge in [0.25, 0.3) is 0 Å². The van der Waals surface area contributed by atoms with Crippen molar-refractivity contribution in [2.45, 2.75) is 25.4 Å². The van der Waals surface area contributed by atoms with Crippen LogP contribution in [-0.4, -0.2) is 38.3 Å². The lowest BCUT2D eigenvalue weighted by Gasteiger charge is -2.33. The maximum Gasteiger partial charge on any atom is 0.136 e. The van der Waals surface area contributed by atoms with Crippen LogP contribution in [0.4, 0.5) is 5.82 Å². The minimum Gasteiger partial charge on any atom is -0.381 e. The van der Waals surface area contributed by atoms with E-state index in [4.69, 9.17) is 9.72 Å². The summed E-state index contributed by atoms with van der Waals surface area (Å²) in [6, 6.07) is 11.2. The van der Waals surface area contributed by atoms with Gasteiger partial charge < -0.3 is 15.0 Å². The molecule has 1 fully saturated rings. The van der Waals surface area contributed by atoms with E-state index >= 15 is 0 Å². The highest BCUT2D eigenvalue weighted by atomic mass is 16.5. The maximum absolute atomic E-state index is 5.48. The highest BCUT2D eigenvalue weighted by Gasteiger charge is 2.21. The van der Waals surface area contributed by atoms with Gasteiger partial charge in [-0.15, -0.1) is 0 Å². The van der Waals surface area contributed by atoms with E-state index in [2.05, 4.69) is 47.6 Å². The summed E-state index contributed by atoms with van der Waals surface area (Å²) in [6.07, 6.45) is 2.14. The quantitative estimate of drug-likeness (QED) is 0.937. The molecule has 2 heterocycles. The molecular formula is C17H23N3O. The van der Waals surface area contributed by atoms with Gasteiger partial charge in [0, 0.05) is 38.2 Å². The van der Waals surface area contributed by atoms with E-state index in [0.29, 0.717) is 6.04 Å². The van der Waals surface area contributed by atoms with Gasteiger partial charge in [-0.1, -0.05) is 24.3 Å². The number of anilines is 1. The van der Waals surface area contributed by atoms with Crippen molar-refractivity contribution in [2.24, 2.45) is 0 Å². The van der Waals surface area contributed by atoms with Crippen molar-refractivity contribution in [1.29, 1.82) is 0 Å². The highest BCUT2D eigenvalue weighted by molar-refractivity contribution is 5.92. The number of ether oxygens (including phenoxy) is 1. The second kappa shape index (κ2) is 6.41. The van der Waals surface area contributed by atoms with Crippen LogP contribution < -0.4 is 10.2 Å². The van der Waals surface area contributed by atoms with Crippen LogP contribution in [0.1, 0.15) is 18.5 Å². The van der Waals surface area contributed by atoms with Gasteiger partial charge in [0.1, 0.15) is 5.82 Å². The summed E-state index contributed by atoms with van der Waals surface area (Å²) in [4.78, 5) is 7.23. The van der Waals surface area contributed by atoms with E-state index in [-0.39, 0.29) is 0 Å². The number of nitrogens with one attached hydrogen (secondary N) is 1. The molecule has 1 aromatic heterocycles. The van der Waals surface area contributed by atoms with Crippen LogP contribution in [0.5, 0.6) is 0 Å². The maximum atomic E-state index is 5.48. The van der Waals surface area contributed by atoms with Crippen molar-refractivity contribution in [3.05, 3.63) is 36.0 Å². The molecule has 1 aliphatic rings. The first-order valence-electron chi connectivity index (χ1n) is 7.63. The predicted octanol–water partition coefficient (Wildman–Crippen LogP) is 2.57. The third-order valence-electron chi connectivity index (χ3n) is 4.20. The molecular weight excluding hydrogens is 262 g/mol. The first kappa shape index (κ1) is 14.3. The molecule has 2 aromatic rings. The third-order valence-corrected chi connectivity index (χ3v) is 4.20. The Morgan fingerprint density at radius 3 is 2.81 bits per heavy atom. The summed E-state index contributed by atoms with van der Waals surface area (Å²) in [6.45, 7) is 2.49. The first-order valence-corrected chi connectivity index (χ1v) is 7.63. The lowest BCUT2D eigenvalue weighted by atomic mass is 10.1. The fourth-order valence-electron chi connectivity index (χ4n) is 3.02. The van der Waals surface area contributed by atoms with Gasteiger partial charge in [-0.05, 0) is 31.3 Å². The number of nitrogens with zero attached hydrogens (tertiary/aromatic N) is 2. The number of aromatic nitrogens is 1. The summed E-state index contributed by atoms with van der Waals surface area (Å²) < 4.78 is 5.48. The van der Waals surface area contributed by atoms with Crippen LogP contribution >= 0.6 is 0 Å². The molecule has 112 valence electrons. The third kappa shape index (κ3) is 3.01. The molecule has 21 heavy (non-hydrogen) atoms. The zero-order valence-electron chi connectivity index (χ0n) is 12.8. The average Bonchev–Trinajstić information content (AvgIpc) is 2.54. The monoisotopic (exact) mass is 285 g/mol. The normalized spacial score (nSPS) is 16.3. The molecule has 1 aromatic carbocycles. The number of fused-ring (bicyclic) bond motifs is 1. The first-order chi connectivity index (χ1) is 10.3. The fourth-order valence-corrected chi connectivity index (χ4v) is 3.02. The average molecular weight is 285 g/mol. The Labute approximate surface area is 126 Å². The van der Waals surface area contributed by atoms with E-state index in [0.717, 1.165) is 44.1 Å². The van der Waals surface area contributed by atoms with Crippen LogP contribution in [0, 0.1) is 0 Å². The van der Waals surface area contributed by atoms with Gasteiger partial charge in [-0.25, -0.2) is 4.98 Å². The topological polar surface area (TPSA) is 37.4 Å². The van der Waals surface area contributed by atoms with Gasteiger partial charge in [-0.2, -0.15) is 0 Å². The highest BCUT2D eigenvalue weighted by Crippen LogP contribution is 2.28. The van der Waals surface area contributed by atoms with Crippen LogP contribution in [0.15, 0.2) is 30.3 Å². The van der Waals surface area contributed by atoms with E-state index < -0.39 is 0 Å². The van der Waals surface area contributed by atoms with Crippen molar-refractivity contribution < 1.29 is 4.74 Å². The van der Waals surface area contributed by atoms with Gasteiger partial charge >= 0.3 is 0 Å². The van der Waals surface area contributed by atoms with E-state index in [1.165, 1.54) is 10.8 Å². The van der Waals surface area contributed by atoms with E-state index in [9.17, 15) is 0 Å². The number of pyridine rings is 1. The summed E-state index contributed by atoms with van der Waals surface area (Å²) in [5, 5.41) is 5.68. The molecule has 0 bridgehead atoms. The van der Waals surface area contributed by atoms with Crippen LogP contribution in [-0.2, 0) is 11.3 Å². The van der Waals surface area contributed by atoms with Crippen molar-refractivity contribution in [3.8, 4) is 0 Å². The van der Waals surface area contributed by atoms with Crippen LogP contribution in [0.3, 0.4) is 0 Å². The molecule has 0 saturated carbocycles. The predicted molar refractivity (Wildman–Crippen MR) is 86.8 cm³/mol. The number of hydrogen-bond acceptors (Lipinski definition) is 4. The molecule has 0 radical (unpaired) electrons. The van der Waals surface area contributed by atoms with E-state index in [1.54, 1.807) is 0 Å². The van der Waals surface area contributed by atoms with Gasteiger partial charge in [-0.3, -0.25) is 0 Å². The molecule has 1 saturated heterocycles. The van der Waals surface area contributed by atoms with Crippen LogP contribution in [0.25, 0.3) is 10.8 Å². The Morgan fingerprint density at radius 1 is 1.29 bits per heavy atom. The molecule has 3 rings (SSSR count). The molecule has 0 aliphatic carbocycles. The Kier molecular flexibility index (Phi) is 4.36. The Bertz CT molecular complexity index is 608. The lowest BCUT2D eigenvalue weighted by molar-refractivity contribution is 0.0854. The molecule has 0 unspecified atom stereocenters. The standard InChI is InChI=1S/C17H23N3O/c1-18-12-14-11-13-5-3-4-6-16(13)17(19-14)20(2)15-7-9-21-10-8-15/h3-6,11,15,18H,7-10,12H2,1-2H3. The minimum absolute atomic E-state index is 0.513. The Balaban J connectivity index is 2.01. The van der Waals surface area contributed by atoms with E-state index in [1.807, 2.05) is 7.05 Å². The Morgan fingerprint density at radius 2 is 2.05 bits per heavy atom. The Hall–Kier alpha value is -1.65. The zero-order chi connectivity index (χ0) is 14.7. The molecule has 0 amide bonds. The van der Waals surface area contributed by atoms with Crippen molar-refractivity contribution in [1.82, 2.24) is 10.3 Å². The summed E-state index contributed by atoms with van der Waals surface area (Å²) in [5.41, 5.74) is 1.09. The molecule has 0 spiro atoms. The van der Waals surface area contributed by atoms with Gasteiger partial charge in [0.05, 0.1) is 5.69 Å². The number of hydrogen-bond donors (Lipinski definition) is 1. The molecule has 1 aliphatic heterocycles. The number of rotatable bonds is 4. The van der Waals surface area contributed by atoms with Gasteiger partial charge in [0.2, 0.25) is 0 Å². The SMILES string of the molecule is CNCc1cc2ccccc2c(N(C)C2CCOCC2)n1. The smallest absolute Gasteiger partial charge is 0.136 e. The molecule has 4 nitrogen and oxygen atoms in total. The van der Waals surface area contributed by atoms with Crippen molar-refractivity contribution in [2.75, 3.05) is 32.2 Å². The number of benzene rings is 1. The molecule has 4 heteroatoms. The van der Waals surface area contributed by atoms with Gasteiger partial charge in [0.15, 0.2) is 0 Å². The zero-order valence-corrected chi connectivity index (χ0v) is 12.8. The molecule has 1 N–H and O–H groups in total.